The van der Waals surface area contributed by atoms with Crippen molar-refractivity contribution in [3.8, 4) is 0 Å². The van der Waals surface area contributed by atoms with Crippen LogP contribution in [0, 0.1) is 5.82 Å². The van der Waals surface area contributed by atoms with Gasteiger partial charge in [0.1, 0.15) is 5.82 Å². The molecule has 0 bridgehead atoms. The number of rotatable bonds is 6. The first-order chi connectivity index (χ1) is 15.8. The van der Waals surface area contributed by atoms with Gasteiger partial charge in [0.2, 0.25) is 5.91 Å². The molecule has 172 valence electrons. The Morgan fingerprint density at radius 1 is 1.12 bits per heavy atom. The maximum atomic E-state index is 14.0. The number of hydrogen-bond acceptors (Lipinski definition) is 6. The Morgan fingerprint density at radius 2 is 1.82 bits per heavy atom. The van der Waals surface area contributed by atoms with Crippen LogP contribution in [0.15, 0.2) is 58.8 Å². The third kappa shape index (κ3) is 4.76. The minimum Gasteiger partial charge on any atom is -0.465 e. The van der Waals surface area contributed by atoms with E-state index in [2.05, 4.69) is 4.72 Å². The van der Waals surface area contributed by atoms with Gasteiger partial charge in [0.05, 0.1) is 25.6 Å². The number of methoxy groups -OCH3 is 1. The summed E-state index contributed by atoms with van der Waals surface area (Å²) in [5, 5.41) is 0. The number of nitrogens with one attached hydrogen (secondary N) is 1. The highest BCUT2D eigenvalue weighted by molar-refractivity contribution is 7.94. The molecule has 0 spiro atoms. The molecule has 2 heterocycles. The molecule has 33 heavy (non-hydrogen) atoms. The van der Waals surface area contributed by atoms with Crippen molar-refractivity contribution in [3.63, 3.8) is 0 Å². The topological polar surface area (TPSA) is 92.8 Å². The minimum absolute atomic E-state index is 0.00198. The van der Waals surface area contributed by atoms with Crippen LogP contribution in [-0.4, -0.2) is 38.8 Å². The van der Waals surface area contributed by atoms with Crippen molar-refractivity contribution in [3.05, 3.63) is 82.0 Å². The summed E-state index contributed by atoms with van der Waals surface area (Å²) in [4.78, 5) is 27.5. The van der Waals surface area contributed by atoms with Gasteiger partial charge in [0, 0.05) is 17.1 Å². The van der Waals surface area contributed by atoms with E-state index in [-0.39, 0.29) is 35.2 Å². The van der Waals surface area contributed by atoms with Crippen LogP contribution in [0.3, 0.4) is 0 Å². The van der Waals surface area contributed by atoms with Gasteiger partial charge in [-0.1, -0.05) is 36.4 Å². The number of esters is 1. The van der Waals surface area contributed by atoms with E-state index in [0.29, 0.717) is 28.1 Å². The molecule has 2 aromatic carbocycles. The molecule has 1 aliphatic rings. The first-order valence-corrected chi connectivity index (χ1v) is 12.4. The Kier molecular flexibility index (Phi) is 6.48. The van der Waals surface area contributed by atoms with E-state index in [4.69, 9.17) is 4.74 Å². The van der Waals surface area contributed by atoms with Crippen molar-refractivity contribution >= 4 is 38.9 Å². The van der Waals surface area contributed by atoms with E-state index in [9.17, 15) is 22.4 Å². The largest absolute Gasteiger partial charge is 0.465 e. The third-order valence-corrected chi connectivity index (χ3v) is 8.45. The van der Waals surface area contributed by atoms with Crippen LogP contribution in [-0.2, 0) is 38.9 Å². The highest BCUT2D eigenvalue weighted by Gasteiger charge is 2.35. The monoisotopic (exact) mass is 488 g/mol. The molecule has 1 aromatic heterocycles. The quantitative estimate of drug-likeness (QED) is 0.535. The van der Waals surface area contributed by atoms with Crippen molar-refractivity contribution in [2.75, 3.05) is 18.4 Å². The summed E-state index contributed by atoms with van der Waals surface area (Å²) in [5.74, 6) is -1.47. The number of nitrogens with zero attached hydrogens (tertiary/aromatic N) is 1. The number of ether oxygens (including phenoxy) is 1. The normalized spacial score (nSPS) is 13.3. The lowest BCUT2D eigenvalue weighted by Gasteiger charge is -2.27. The number of carbonyl (C=O) groups is 2. The summed E-state index contributed by atoms with van der Waals surface area (Å²) in [6.45, 7) is 0.421. The number of fused-ring (bicyclic) bond motifs is 1. The number of halogens is 1. The summed E-state index contributed by atoms with van der Waals surface area (Å²) in [7, 11) is -2.88. The summed E-state index contributed by atoms with van der Waals surface area (Å²) in [6.07, 6.45) is 0.193. The smallest absolute Gasteiger partial charge is 0.340 e. The second-order valence-corrected chi connectivity index (χ2v) is 10.4. The van der Waals surface area contributed by atoms with Gasteiger partial charge in [0.25, 0.3) is 10.0 Å². The summed E-state index contributed by atoms with van der Waals surface area (Å²) >= 11 is 0.943. The molecule has 0 atom stereocenters. The molecule has 0 fully saturated rings. The molecule has 0 saturated heterocycles. The van der Waals surface area contributed by atoms with Gasteiger partial charge in [0.15, 0.2) is 4.21 Å². The zero-order chi connectivity index (χ0) is 23.6. The minimum atomic E-state index is -4.07. The van der Waals surface area contributed by atoms with Gasteiger partial charge >= 0.3 is 5.97 Å². The van der Waals surface area contributed by atoms with Gasteiger partial charge in [-0.2, -0.15) is 0 Å². The van der Waals surface area contributed by atoms with Crippen LogP contribution < -0.4 is 4.72 Å². The van der Waals surface area contributed by atoms with Gasteiger partial charge in [-0.25, -0.2) is 17.6 Å². The molecule has 1 N–H and O–H groups in total. The fourth-order valence-electron chi connectivity index (χ4n) is 3.71. The van der Waals surface area contributed by atoms with E-state index in [1.165, 1.54) is 13.2 Å². The molecule has 3 aromatic rings. The Hall–Kier alpha value is -3.24. The van der Waals surface area contributed by atoms with E-state index < -0.39 is 21.8 Å². The van der Waals surface area contributed by atoms with Gasteiger partial charge in [-0.15, -0.1) is 11.3 Å². The maximum Gasteiger partial charge on any atom is 0.340 e. The number of benzene rings is 2. The highest BCUT2D eigenvalue weighted by atomic mass is 32.2. The average molecular weight is 489 g/mol. The Morgan fingerprint density at radius 3 is 2.52 bits per heavy atom. The molecular formula is C23H21FN2O5S2. The fraction of sp³-hybridized carbons (Fsp3) is 0.217. The van der Waals surface area contributed by atoms with Gasteiger partial charge in [-0.05, 0) is 35.7 Å². The zero-order valence-electron chi connectivity index (χ0n) is 17.7. The summed E-state index contributed by atoms with van der Waals surface area (Å²) < 4.78 is 47.4. The second-order valence-electron chi connectivity index (χ2n) is 7.46. The molecule has 0 aliphatic carbocycles. The molecule has 10 heteroatoms. The van der Waals surface area contributed by atoms with Crippen LogP contribution in [0.5, 0.6) is 0 Å². The van der Waals surface area contributed by atoms with Crippen molar-refractivity contribution in [1.29, 1.82) is 0 Å². The van der Waals surface area contributed by atoms with Gasteiger partial charge in [-0.3, -0.25) is 9.52 Å². The average Bonchev–Trinajstić information content (AvgIpc) is 3.20. The van der Waals surface area contributed by atoms with Crippen molar-refractivity contribution < 1.29 is 27.1 Å². The van der Waals surface area contributed by atoms with Crippen LogP contribution in [0.2, 0.25) is 0 Å². The Bertz CT molecular complexity index is 1310. The predicted octanol–water partition coefficient (Wildman–Crippen LogP) is 3.60. The lowest BCUT2D eigenvalue weighted by molar-refractivity contribution is -0.131. The van der Waals surface area contributed by atoms with E-state index in [1.54, 1.807) is 53.4 Å². The lowest BCUT2D eigenvalue weighted by Crippen LogP contribution is -2.36. The first-order valence-electron chi connectivity index (χ1n) is 10.1. The van der Waals surface area contributed by atoms with Crippen LogP contribution in [0.25, 0.3) is 0 Å². The first kappa shape index (κ1) is 22.9. The van der Waals surface area contributed by atoms with Crippen molar-refractivity contribution in [2.24, 2.45) is 0 Å². The molecule has 4 rings (SSSR count). The number of sulfonamides is 1. The van der Waals surface area contributed by atoms with Crippen LogP contribution in [0.4, 0.5) is 10.1 Å². The molecule has 0 saturated carbocycles. The highest BCUT2D eigenvalue weighted by Crippen LogP contribution is 2.37. The third-order valence-electron chi connectivity index (χ3n) is 5.34. The zero-order valence-corrected chi connectivity index (χ0v) is 19.3. The predicted molar refractivity (Wildman–Crippen MR) is 122 cm³/mol. The molecule has 1 amide bonds. The maximum absolute atomic E-state index is 14.0. The van der Waals surface area contributed by atoms with Crippen molar-refractivity contribution in [1.82, 2.24) is 4.90 Å². The number of thiophene rings is 1. The van der Waals surface area contributed by atoms with E-state index in [0.717, 1.165) is 11.3 Å². The summed E-state index contributed by atoms with van der Waals surface area (Å²) in [5.41, 5.74) is 1.23. The summed E-state index contributed by atoms with van der Waals surface area (Å²) in [6, 6.07) is 14.4. The number of amides is 1. The second kappa shape index (κ2) is 9.32. The van der Waals surface area contributed by atoms with Crippen LogP contribution in [0.1, 0.15) is 26.4 Å². The fourth-order valence-corrected chi connectivity index (χ4v) is 6.67. The molecular weight excluding hydrogens is 467 g/mol. The molecule has 0 radical (unpaired) electrons. The van der Waals surface area contributed by atoms with Crippen LogP contribution >= 0.6 is 11.3 Å². The Labute approximate surface area is 194 Å². The standard InChI is InChI=1S/C23H21FN2O5S2/c1-31-22(28)21-17-11-12-26(20(27)13-15-7-5-6-10-18(15)24)14-19(17)32-23(21)33(29,30)25-16-8-3-2-4-9-16/h2-10,25H,11-14H2,1H3. The Balaban J connectivity index is 1.63. The number of anilines is 1. The van der Waals surface area contributed by atoms with E-state index >= 15 is 0 Å². The van der Waals surface area contributed by atoms with E-state index in [1.807, 2.05) is 0 Å². The number of para-hydroxylation sites is 1. The number of carbonyl (C=O) groups excluding carboxylic acids is 2. The molecule has 1 aliphatic heterocycles. The SMILES string of the molecule is COC(=O)c1c(S(=O)(=O)Nc2ccccc2)sc2c1CCN(C(=O)Cc1ccccc1F)C2. The molecule has 7 nitrogen and oxygen atoms in total. The van der Waals surface area contributed by atoms with Crippen molar-refractivity contribution in [2.45, 2.75) is 23.6 Å². The molecule has 0 unspecified atom stereocenters. The van der Waals surface area contributed by atoms with Gasteiger partial charge < -0.3 is 9.64 Å². The lowest BCUT2D eigenvalue weighted by atomic mass is 10.0. The number of hydrogen-bond donors (Lipinski definition) is 1.